The van der Waals surface area contributed by atoms with E-state index in [2.05, 4.69) is 0 Å². The molecule has 1 amide bonds. The summed E-state index contributed by atoms with van der Waals surface area (Å²) in [5, 5.41) is 11.6. The third kappa shape index (κ3) is 3.55. The molecule has 28 heavy (non-hydrogen) atoms. The summed E-state index contributed by atoms with van der Waals surface area (Å²) in [6, 6.07) is 15.2. The number of rotatable bonds is 3. The quantitative estimate of drug-likeness (QED) is 0.711. The zero-order valence-corrected chi connectivity index (χ0v) is 15.9. The van der Waals surface area contributed by atoms with Crippen LogP contribution >= 0.6 is 11.6 Å². The normalized spacial score (nSPS) is 16.2. The van der Waals surface area contributed by atoms with E-state index in [0.29, 0.717) is 42.2 Å². The van der Waals surface area contributed by atoms with E-state index in [0.717, 1.165) is 5.56 Å². The molecule has 4 nitrogen and oxygen atoms in total. The lowest BCUT2D eigenvalue weighted by Crippen LogP contribution is -2.45. The smallest absolute Gasteiger partial charge is 0.253 e. The zero-order valence-electron chi connectivity index (χ0n) is 15.2. The first-order chi connectivity index (χ1) is 13.5. The maximum absolute atomic E-state index is 14.2. The minimum Gasteiger partial charge on any atom is -0.385 e. The van der Waals surface area contributed by atoms with Gasteiger partial charge in [-0.15, -0.1) is 0 Å². The van der Waals surface area contributed by atoms with Gasteiger partial charge in [0, 0.05) is 36.1 Å². The Balaban J connectivity index is 1.50. The minimum absolute atomic E-state index is 0.161. The van der Waals surface area contributed by atoms with Gasteiger partial charge in [-0.25, -0.2) is 4.39 Å². The predicted molar refractivity (Wildman–Crippen MR) is 106 cm³/mol. The fraction of sp³-hybridized carbons (Fsp3) is 0.227. The first-order valence-corrected chi connectivity index (χ1v) is 9.55. The molecule has 0 aliphatic carbocycles. The van der Waals surface area contributed by atoms with E-state index in [-0.39, 0.29) is 11.7 Å². The Morgan fingerprint density at radius 3 is 2.32 bits per heavy atom. The van der Waals surface area contributed by atoms with E-state index < -0.39 is 5.60 Å². The third-order valence-electron chi connectivity index (χ3n) is 5.34. The van der Waals surface area contributed by atoms with Crippen molar-refractivity contribution in [3.63, 3.8) is 0 Å². The number of hydrogen-bond acceptors (Lipinski definition) is 2. The van der Waals surface area contributed by atoms with Gasteiger partial charge < -0.3 is 14.6 Å². The fourth-order valence-corrected chi connectivity index (χ4v) is 3.78. The number of carbonyl (C=O) groups is 1. The molecule has 3 aromatic rings. The van der Waals surface area contributed by atoms with Gasteiger partial charge in [0.1, 0.15) is 5.82 Å². The number of aromatic nitrogens is 1. The lowest BCUT2D eigenvalue weighted by atomic mass is 9.84. The lowest BCUT2D eigenvalue weighted by molar-refractivity contribution is -0.0211. The van der Waals surface area contributed by atoms with E-state index in [1.54, 1.807) is 52.2 Å². The summed E-state index contributed by atoms with van der Waals surface area (Å²) in [6.07, 6.45) is 4.34. The van der Waals surface area contributed by atoms with Crippen LogP contribution in [0, 0.1) is 5.82 Å². The number of hydrogen-bond donors (Lipinski definition) is 1. The Kier molecular flexibility index (Phi) is 4.96. The lowest BCUT2D eigenvalue weighted by Gasteiger charge is -2.38. The topological polar surface area (TPSA) is 45.5 Å². The van der Waals surface area contributed by atoms with Gasteiger partial charge in [-0.2, -0.15) is 0 Å². The highest BCUT2D eigenvalue weighted by molar-refractivity contribution is 6.30. The van der Waals surface area contributed by atoms with Crippen LogP contribution in [-0.4, -0.2) is 33.6 Å². The summed E-state index contributed by atoms with van der Waals surface area (Å²) in [5.74, 6) is -0.546. The Hall–Kier alpha value is -2.63. The molecule has 1 N–H and O–H groups in total. The molecule has 0 bridgehead atoms. The number of carbonyl (C=O) groups excluding carboxylic acids is 1. The number of piperidine rings is 1. The first kappa shape index (κ1) is 18.7. The molecule has 1 aliphatic heterocycles. The molecule has 0 atom stereocenters. The maximum atomic E-state index is 14.2. The molecule has 0 unspecified atom stereocenters. The summed E-state index contributed by atoms with van der Waals surface area (Å²) in [4.78, 5) is 14.6. The Bertz CT molecular complexity index is 978. The van der Waals surface area contributed by atoms with Crippen molar-refractivity contribution in [3.8, 4) is 5.69 Å². The number of benzene rings is 2. The first-order valence-electron chi connectivity index (χ1n) is 9.17. The fourth-order valence-electron chi connectivity index (χ4n) is 3.65. The summed E-state index contributed by atoms with van der Waals surface area (Å²) in [5.41, 5.74) is 0.605. The van der Waals surface area contributed by atoms with Gasteiger partial charge in [0.05, 0.1) is 11.3 Å². The summed E-state index contributed by atoms with van der Waals surface area (Å²) in [7, 11) is 0. The number of aliphatic hydroxyl groups is 1. The van der Waals surface area contributed by atoms with Crippen LogP contribution in [-0.2, 0) is 5.60 Å². The van der Waals surface area contributed by atoms with Crippen molar-refractivity contribution in [1.82, 2.24) is 9.47 Å². The average molecular weight is 399 g/mol. The maximum Gasteiger partial charge on any atom is 0.253 e. The van der Waals surface area contributed by atoms with Crippen LogP contribution in [0.25, 0.3) is 5.69 Å². The molecule has 1 aromatic heterocycles. The van der Waals surface area contributed by atoms with E-state index in [9.17, 15) is 14.3 Å². The second kappa shape index (κ2) is 7.41. The Labute approximate surface area is 167 Å². The van der Waals surface area contributed by atoms with Crippen molar-refractivity contribution >= 4 is 17.5 Å². The van der Waals surface area contributed by atoms with E-state index in [1.165, 1.54) is 12.1 Å². The molecule has 0 spiro atoms. The molecule has 1 saturated heterocycles. The monoisotopic (exact) mass is 398 g/mol. The standard InChI is InChI=1S/C22H20ClFN2O2/c23-18-6-4-17(5-7-18)22(28)9-13-26(14-10-22)21(27)16-3-8-19(24)20(15-16)25-11-1-2-12-25/h1-8,11-12,15,28H,9-10,13-14H2. The number of nitrogens with zero attached hydrogens (tertiary/aromatic N) is 2. The molecule has 4 rings (SSSR count). The molecule has 6 heteroatoms. The average Bonchev–Trinajstić information content (AvgIpc) is 3.23. The molecule has 0 saturated carbocycles. The van der Waals surface area contributed by atoms with E-state index in [1.807, 2.05) is 12.1 Å². The highest BCUT2D eigenvalue weighted by Gasteiger charge is 2.35. The van der Waals surface area contributed by atoms with Gasteiger partial charge in [-0.05, 0) is 60.9 Å². The third-order valence-corrected chi connectivity index (χ3v) is 5.59. The summed E-state index contributed by atoms with van der Waals surface area (Å²) < 4.78 is 15.8. The SMILES string of the molecule is O=C(c1ccc(F)c(-n2cccc2)c1)N1CCC(O)(c2ccc(Cl)cc2)CC1. The van der Waals surface area contributed by atoms with Crippen molar-refractivity contribution in [2.75, 3.05) is 13.1 Å². The molecule has 2 aromatic carbocycles. The second-order valence-electron chi connectivity index (χ2n) is 7.09. The summed E-state index contributed by atoms with van der Waals surface area (Å²) in [6.45, 7) is 0.850. The molecule has 0 radical (unpaired) electrons. The van der Waals surface area contributed by atoms with Crippen LogP contribution in [0.4, 0.5) is 4.39 Å². The Morgan fingerprint density at radius 1 is 1.04 bits per heavy atom. The molecule has 1 aliphatic rings. The second-order valence-corrected chi connectivity index (χ2v) is 7.52. The minimum atomic E-state index is -0.972. The number of halogens is 2. The van der Waals surface area contributed by atoms with E-state index >= 15 is 0 Å². The number of amides is 1. The Morgan fingerprint density at radius 2 is 1.68 bits per heavy atom. The highest BCUT2D eigenvalue weighted by Crippen LogP contribution is 2.34. The molecular weight excluding hydrogens is 379 g/mol. The van der Waals surface area contributed by atoms with Gasteiger partial charge in [0.2, 0.25) is 0 Å². The van der Waals surface area contributed by atoms with Gasteiger partial charge in [-0.1, -0.05) is 23.7 Å². The van der Waals surface area contributed by atoms with Crippen LogP contribution in [0.15, 0.2) is 67.0 Å². The molecule has 1 fully saturated rings. The van der Waals surface area contributed by atoms with Crippen molar-refractivity contribution in [1.29, 1.82) is 0 Å². The van der Waals surface area contributed by atoms with Crippen LogP contribution in [0.5, 0.6) is 0 Å². The van der Waals surface area contributed by atoms with Gasteiger partial charge >= 0.3 is 0 Å². The van der Waals surface area contributed by atoms with Gasteiger partial charge in [0.15, 0.2) is 0 Å². The van der Waals surface area contributed by atoms with Crippen molar-refractivity contribution < 1.29 is 14.3 Å². The van der Waals surface area contributed by atoms with Crippen LogP contribution in [0.3, 0.4) is 0 Å². The molecule has 144 valence electrons. The van der Waals surface area contributed by atoms with Crippen LogP contribution in [0.1, 0.15) is 28.8 Å². The predicted octanol–water partition coefficient (Wildman–Crippen LogP) is 4.39. The molecular formula is C22H20ClFN2O2. The van der Waals surface area contributed by atoms with Crippen molar-refractivity contribution in [3.05, 3.63) is 89.0 Å². The van der Waals surface area contributed by atoms with Crippen molar-refractivity contribution in [2.24, 2.45) is 0 Å². The number of likely N-dealkylation sites (tertiary alicyclic amines) is 1. The summed E-state index contributed by atoms with van der Waals surface area (Å²) >= 11 is 5.93. The van der Waals surface area contributed by atoms with E-state index in [4.69, 9.17) is 11.6 Å². The van der Waals surface area contributed by atoms with Gasteiger partial charge in [0.25, 0.3) is 5.91 Å². The van der Waals surface area contributed by atoms with Crippen LogP contribution < -0.4 is 0 Å². The van der Waals surface area contributed by atoms with Crippen LogP contribution in [0.2, 0.25) is 5.02 Å². The molecule has 2 heterocycles. The van der Waals surface area contributed by atoms with Crippen molar-refractivity contribution in [2.45, 2.75) is 18.4 Å². The van der Waals surface area contributed by atoms with Gasteiger partial charge in [-0.3, -0.25) is 4.79 Å². The highest BCUT2D eigenvalue weighted by atomic mass is 35.5. The largest absolute Gasteiger partial charge is 0.385 e. The zero-order chi connectivity index (χ0) is 19.7.